The molecule has 2 aromatic rings. The Morgan fingerprint density at radius 1 is 1.19 bits per heavy atom. The topological polar surface area (TPSA) is 62.2 Å². The van der Waals surface area contributed by atoms with Crippen molar-refractivity contribution >= 4 is 16.8 Å². The molecule has 3 rings (SSSR count). The quantitative estimate of drug-likeness (QED) is 0.911. The Morgan fingerprint density at radius 3 is 2.76 bits per heavy atom. The lowest BCUT2D eigenvalue weighted by molar-refractivity contribution is 0.0760. The molecule has 1 fully saturated rings. The molecule has 1 aliphatic rings. The number of carbonyl (C=O) groups is 1. The standard InChI is InChI=1S/C17H20N2O2/c20-12-17(9-2-1-3-10-17)19-16(21)14-6-4-8-15-13(14)7-5-11-18-15/h4-8,11,20H,1-3,9-10,12H2,(H,19,21). The van der Waals surface area contributed by atoms with Gasteiger partial charge in [0.1, 0.15) is 0 Å². The third-order valence-corrected chi connectivity index (χ3v) is 4.38. The Kier molecular flexibility index (Phi) is 3.88. The molecule has 1 aromatic carbocycles. The maximum Gasteiger partial charge on any atom is 0.252 e. The van der Waals surface area contributed by atoms with Crippen LogP contribution in [0.2, 0.25) is 0 Å². The van der Waals surface area contributed by atoms with Crippen molar-refractivity contribution in [2.24, 2.45) is 0 Å². The number of hydrogen-bond acceptors (Lipinski definition) is 3. The second-order valence-corrected chi connectivity index (χ2v) is 5.83. The summed E-state index contributed by atoms with van der Waals surface area (Å²) < 4.78 is 0. The SMILES string of the molecule is O=C(NC1(CO)CCCCC1)c1cccc2ncccc12. The molecule has 1 amide bonds. The summed E-state index contributed by atoms with van der Waals surface area (Å²) in [7, 11) is 0. The van der Waals surface area contributed by atoms with E-state index < -0.39 is 5.54 Å². The molecule has 0 saturated heterocycles. The third kappa shape index (κ3) is 2.76. The molecular weight excluding hydrogens is 264 g/mol. The van der Waals surface area contributed by atoms with Gasteiger partial charge < -0.3 is 10.4 Å². The molecular formula is C17H20N2O2. The van der Waals surface area contributed by atoms with Crippen molar-refractivity contribution in [2.45, 2.75) is 37.6 Å². The summed E-state index contributed by atoms with van der Waals surface area (Å²) in [4.78, 5) is 16.9. The first-order chi connectivity index (χ1) is 10.2. The van der Waals surface area contributed by atoms with Gasteiger partial charge in [0, 0.05) is 17.1 Å². The molecule has 0 atom stereocenters. The van der Waals surface area contributed by atoms with Crippen LogP contribution < -0.4 is 5.32 Å². The largest absolute Gasteiger partial charge is 0.394 e. The van der Waals surface area contributed by atoms with E-state index in [1.54, 1.807) is 6.20 Å². The van der Waals surface area contributed by atoms with Crippen molar-refractivity contribution in [1.82, 2.24) is 10.3 Å². The zero-order valence-electron chi connectivity index (χ0n) is 12.0. The van der Waals surface area contributed by atoms with Crippen molar-refractivity contribution in [1.29, 1.82) is 0 Å². The van der Waals surface area contributed by atoms with E-state index in [0.717, 1.165) is 36.6 Å². The average Bonchev–Trinajstić information content (AvgIpc) is 2.55. The normalized spacial score (nSPS) is 17.6. The van der Waals surface area contributed by atoms with Gasteiger partial charge in [-0.2, -0.15) is 0 Å². The van der Waals surface area contributed by atoms with Gasteiger partial charge in [0.25, 0.3) is 5.91 Å². The van der Waals surface area contributed by atoms with Crippen LogP contribution in [-0.2, 0) is 0 Å². The van der Waals surface area contributed by atoms with Gasteiger partial charge in [-0.1, -0.05) is 31.4 Å². The number of nitrogens with zero attached hydrogens (tertiary/aromatic N) is 1. The molecule has 21 heavy (non-hydrogen) atoms. The summed E-state index contributed by atoms with van der Waals surface area (Å²) >= 11 is 0. The first-order valence-electron chi connectivity index (χ1n) is 7.51. The highest BCUT2D eigenvalue weighted by Gasteiger charge is 2.33. The Balaban J connectivity index is 1.90. The van der Waals surface area contributed by atoms with Gasteiger partial charge in [-0.3, -0.25) is 9.78 Å². The van der Waals surface area contributed by atoms with Gasteiger partial charge in [0.2, 0.25) is 0 Å². The number of aliphatic hydroxyl groups is 1. The van der Waals surface area contributed by atoms with Gasteiger partial charge >= 0.3 is 0 Å². The number of amides is 1. The molecule has 1 heterocycles. The summed E-state index contributed by atoms with van der Waals surface area (Å²) in [5, 5.41) is 13.6. The van der Waals surface area contributed by atoms with Crippen molar-refractivity contribution in [3.8, 4) is 0 Å². The molecule has 0 bridgehead atoms. The monoisotopic (exact) mass is 284 g/mol. The fourth-order valence-corrected chi connectivity index (χ4v) is 3.16. The molecule has 1 aliphatic carbocycles. The van der Waals surface area contributed by atoms with Crippen LogP contribution in [0.1, 0.15) is 42.5 Å². The summed E-state index contributed by atoms with van der Waals surface area (Å²) in [6.07, 6.45) is 6.70. The highest BCUT2D eigenvalue weighted by Crippen LogP contribution is 2.28. The van der Waals surface area contributed by atoms with Crippen LogP contribution in [0.3, 0.4) is 0 Å². The number of benzene rings is 1. The van der Waals surface area contributed by atoms with Gasteiger partial charge in [-0.05, 0) is 31.0 Å². The summed E-state index contributed by atoms with van der Waals surface area (Å²) in [6.45, 7) is 0.00174. The van der Waals surface area contributed by atoms with Gasteiger partial charge in [0.15, 0.2) is 0 Å². The number of hydrogen-bond donors (Lipinski definition) is 2. The highest BCUT2D eigenvalue weighted by atomic mass is 16.3. The maximum atomic E-state index is 12.6. The van der Waals surface area contributed by atoms with E-state index in [-0.39, 0.29) is 12.5 Å². The molecule has 0 unspecified atom stereocenters. The second-order valence-electron chi connectivity index (χ2n) is 5.83. The van der Waals surface area contributed by atoms with Crippen LogP contribution in [0.15, 0.2) is 36.5 Å². The zero-order chi connectivity index (χ0) is 14.7. The third-order valence-electron chi connectivity index (χ3n) is 4.38. The lowest BCUT2D eigenvalue weighted by Gasteiger charge is -2.36. The van der Waals surface area contributed by atoms with Crippen molar-refractivity contribution in [2.75, 3.05) is 6.61 Å². The molecule has 1 saturated carbocycles. The summed E-state index contributed by atoms with van der Waals surface area (Å²) in [5.74, 6) is -0.121. The Hall–Kier alpha value is -1.94. The van der Waals surface area contributed by atoms with E-state index >= 15 is 0 Å². The number of rotatable bonds is 3. The molecule has 110 valence electrons. The molecule has 0 spiro atoms. The smallest absolute Gasteiger partial charge is 0.252 e. The second kappa shape index (κ2) is 5.82. The van der Waals surface area contributed by atoms with Gasteiger partial charge in [0.05, 0.1) is 17.7 Å². The number of fused-ring (bicyclic) bond motifs is 1. The Labute approximate surface area is 124 Å². The van der Waals surface area contributed by atoms with Gasteiger partial charge in [-0.15, -0.1) is 0 Å². The van der Waals surface area contributed by atoms with E-state index in [2.05, 4.69) is 10.3 Å². The number of pyridine rings is 1. The predicted octanol–water partition coefficient (Wildman–Crippen LogP) is 2.66. The predicted molar refractivity (Wildman–Crippen MR) is 82.1 cm³/mol. The Morgan fingerprint density at radius 2 is 2.00 bits per heavy atom. The molecule has 0 radical (unpaired) electrons. The van der Waals surface area contributed by atoms with Crippen LogP contribution in [-0.4, -0.2) is 28.1 Å². The van der Waals surface area contributed by atoms with Crippen molar-refractivity contribution in [3.05, 3.63) is 42.1 Å². The summed E-state index contributed by atoms with van der Waals surface area (Å²) in [6, 6.07) is 9.30. The van der Waals surface area contributed by atoms with E-state index in [9.17, 15) is 9.90 Å². The average molecular weight is 284 g/mol. The van der Waals surface area contributed by atoms with Crippen LogP contribution in [0.25, 0.3) is 10.9 Å². The first-order valence-corrected chi connectivity index (χ1v) is 7.51. The number of nitrogens with one attached hydrogen (secondary N) is 1. The lowest BCUT2D eigenvalue weighted by Crippen LogP contribution is -2.52. The Bertz CT molecular complexity index is 643. The molecule has 4 nitrogen and oxygen atoms in total. The van der Waals surface area contributed by atoms with E-state index in [1.165, 1.54) is 6.42 Å². The van der Waals surface area contributed by atoms with Crippen molar-refractivity contribution < 1.29 is 9.90 Å². The number of aliphatic hydroxyl groups excluding tert-OH is 1. The molecule has 2 N–H and O–H groups in total. The van der Waals surface area contributed by atoms with E-state index in [1.807, 2.05) is 30.3 Å². The summed E-state index contributed by atoms with van der Waals surface area (Å²) in [5.41, 5.74) is 0.977. The van der Waals surface area contributed by atoms with E-state index in [0.29, 0.717) is 5.56 Å². The minimum absolute atomic E-state index is 0.00174. The van der Waals surface area contributed by atoms with Crippen LogP contribution in [0.5, 0.6) is 0 Å². The molecule has 4 heteroatoms. The fourth-order valence-electron chi connectivity index (χ4n) is 3.16. The van der Waals surface area contributed by atoms with Crippen LogP contribution >= 0.6 is 0 Å². The van der Waals surface area contributed by atoms with Crippen LogP contribution in [0.4, 0.5) is 0 Å². The first kappa shape index (κ1) is 14.0. The van der Waals surface area contributed by atoms with E-state index in [4.69, 9.17) is 0 Å². The number of carbonyl (C=O) groups excluding carboxylic acids is 1. The highest BCUT2D eigenvalue weighted by molar-refractivity contribution is 6.06. The zero-order valence-corrected chi connectivity index (χ0v) is 12.0. The minimum atomic E-state index is -0.459. The number of aromatic nitrogens is 1. The van der Waals surface area contributed by atoms with Crippen molar-refractivity contribution in [3.63, 3.8) is 0 Å². The minimum Gasteiger partial charge on any atom is -0.394 e. The lowest BCUT2D eigenvalue weighted by atomic mass is 9.82. The van der Waals surface area contributed by atoms with Crippen LogP contribution in [0, 0.1) is 0 Å². The maximum absolute atomic E-state index is 12.6. The molecule has 0 aliphatic heterocycles. The molecule has 1 aromatic heterocycles. The fraction of sp³-hybridized carbons (Fsp3) is 0.412. The van der Waals surface area contributed by atoms with Gasteiger partial charge in [-0.25, -0.2) is 0 Å².